The van der Waals surface area contributed by atoms with Crippen molar-refractivity contribution in [2.75, 3.05) is 13.7 Å². The summed E-state index contributed by atoms with van der Waals surface area (Å²) in [4.78, 5) is 11.3. The highest BCUT2D eigenvalue weighted by molar-refractivity contribution is 9.10. The molecule has 0 saturated carbocycles. The minimum absolute atomic E-state index is 0.217. The lowest BCUT2D eigenvalue weighted by atomic mass is 10.2. The second kappa shape index (κ2) is 7.59. The normalized spacial score (nSPS) is 10.7. The lowest BCUT2D eigenvalue weighted by Gasteiger charge is -2.07. The molecule has 0 aliphatic heterocycles. The van der Waals surface area contributed by atoms with Crippen LogP contribution in [0.3, 0.4) is 0 Å². The van der Waals surface area contributed by atoms with Crippen molar-refractivity contribution >= 4 is 21.9 Å². The Morgan fingerprint density at radius 2 is 2.26 bits per heavy atom. The van der Waals surface area contributed by atoms with Crippen molar-refractivity contribution in [1.82, 2.24) is 0 Å². The zero-order chi connectivity index (χ0) is 14.3. The second-order valence-corrected chi connectivity index (χ2v) is 4.55. The summed E-state index contributed by atoms with van der Waals surface area (Å²) in [5, 5.41) is 8.98. The lowest BCUT2D eigenvalue weighted by Crippen LogP contribution is -2.06. The molecule has 0 fully saturated rings. The molecule has 0 heterocycles. The van der Waals surface area contributed by atoms with Crippen LogP contribution in [-0.2, 0) is 9.53 Å². The van der Waals surface area contributed by atoms with E-state index in [0.717, 1.165) is 4.47 Å². The van der Waals surface area contributed by atoms with Crippen molar-refractivity contribution in [3.63, 3.8) is 0 Å². The molecule has 100 valence electrons. The van der Waals surface area contributed by atoms with E-state index in [0.29, 0.717) is 23.3 Å². The highest BCUT2D eigenvalue weighted by atomic mass is 79.9. The SMILES string of the molecule is CC/C(=C/COc1ccc(Br)cc1C#N)C(=O)OC. The smallest absolute Gasteiger partial charge is 0.333 e. The second-order valence-electron chi connectivity index (χ2n) is 3.64. The maximum absolute atomic E-state index is 11.3. The molecule has 19 heavy (non-hydrogen) atoms. The minimum Gasteiger partial charge on any atom is -0.488 e. The van der Waals surface area contributed by atoms with Crippen molar-refractivity contribution in [3.8, 4) is 11.8 Å². The Morgan fingerprint density at radius 1 is 1.53 bits per heavy atom. The predicted molar refractivity (Wildman–Crippen MR) is 74.7 cm³/mol. The van der Waals surface area contributed by atoms with E-state index < -0.39 is 0 Å². The number of nitriles is 1. The fraction of sp³-hybridized carbons (Fsp3) is 0.286. The van der Waals surface area contributed by atoms with Gasteiger partial charge in [-0.25, -0.2) is 4.79 Å². The van der Waals surface area contributed by atoms with Gasteiger partial charge in [0.05, 0.1) is 12.7 Å². The standard InChI is InChI=1S/C14H14BrNO3/c1-3-10(14(17)18-2)6-7-19-13-5-4-12(15)8-11(13)9-16/h4-6,8H,3,7H2,1-2H3/b10-6-. The summed E-state index contributed by atoms with van der Waals surface area (Å²) in [6.45, 7) is 2.08. The highest BCUT2D eigenvalue weighted by Gasteiger charge is 2.07. The Bertz CT molecular complexity index is 532. The first-order chi connectivity index (χ1) is 9.12. The summed E-state index contributed by atoms with van der Waals surface area (Å²) < 4.78 is 10.9. The molecule has 0 radical (unpaired) electrons. The van der Waals surface area contributed by atoms with Crippen LogP contribution in [0.1, 0.15) is 18.9 Å². The van der Waals surface area contributed by atoms with E-state index >= 15 is 0 Å². The lowest BCUT2D eigenvalue weighted by molar-refractivity contribution is -0.136. The maximum Gasteiger partial charge on any atom is 0.333 e. The Hall–Kier alpha value is -1.80. The molecule has 0 unspecified atom stereocenters. The van der Waals surface area contributed by atoms with E-state index in [1.54, 1.807) is 24.3 Å². The van der Waals surface area contributed by atoms with Crippen molar-refractivity contribution in [1.29, 1.82) is 5.26 Å². The number of hydrogen-bond donors (Lipinski definition) is 0. The van der Waals surface area contributed by atoms with Crippen molar-refractivity contribution in [3.05, 3.63) is 39.9 Å². The van der Waals surface area contributed by atoms with Gasteiger partial charge in [0, 0.05) is 10.0 Å². The van der Waals surface area contributed by atoms with E-state index in [1.807, 2.05) is 6.92 Å². The van der Waals surface area contributed by atoms with Crippen molar-refractivity contribution in [2.45, 2.75) is 13.3 Å². The van der Waals surface area contributed by atoms with Gasteiger partial charge >= 0.3 is 5.97 Å². The topological polar surface area (TPSA) is 59.3 Å². The Balaban J connectivity index is 2.75. The molecule has 0 aliphatic carbocycles. The highest BCUT2D eigenvalue weighted by Crippen LogP contribution is 2.22. The molecule has 5 heteroatoms. The van der Waals surface area contributed by atoms with Gasteiger partial charge in [0.2, 0.25) is 0 Å². The van der Waals surface area contributed by atoms with Crippen molar-refractivity contribution in [2.24, 2.45) is 0 Å². The van der Waals surface area contributed by atoms with Crippen LogP contribution in [0.4, 0.5) is 0 Å². The molecule has 0 N–H and O–H groups in total. The van der Waals surface area contributed by atoms with E-state index in [4.69, 9.17) is 10.00 Å². The molecular formula is C14H14BrNO3. The van der Waals surface area contributed by atoms with Gasteiger partial charge in [0.25, 0.3) is 0 Å². The zero-order valence-electron chi connectivity index (χ0n) is 10.8. The number of hydrogen-bond acceptors (Lipinski definition) is 4. The Kier molecular flexibility index (Phi) is 6.10. The van der Waals surface area contributed by atoms with Crippen LogP contribution in [0.5, 0.6) is 5.75 Å². The number of nitrogens with zero attached hydrogens (tertiary/aromatic N) is 1. The van der Waals surface area contributed by atoms with E-state index in [2.05, 4.69) is 26.7 Å². The zero-order valence-corrected chi connectivity index (χ0v) is 12.4. The molecule has 0 aliphatic rings. The first-order valence-corrected chi connectivity index (χ1v) is 6.51. The van der Waals surface area contributed by atoms with Crippen LogP contribution >= 0.6 is 15.9 Å². The molecule has 1 aromatic carbocycles. The van der Waals surface area contributed by atoms with Gasteiger partial charge in [-0.15, -0.1) is 0 Å². The summed E-state index contributed by atoms with van der Waals surface area (Å²) in [7, 11) is 1.34. The molecule has 1 aromatic rings. The molecule has 1 rings (SSSR count). The van der Waals surface area contributed by atoms with Crippen LogP contribution in [0.2, 0.25) is 0 Å². The number of benzene rings is 1. The maximum atomic E-state index is 11.3. The molecule has 0 aromatic heterocycles. The van der Waals surface area contributed by atoms with Crippen LogP contribution in [0.15, 0.2) is 34.3 Å². The quantitative estimate of drug-likeness (QED) is 0.616. The molecule has 0 spiro atoms. The Morgan fingerprint density at radius 3 is 2.84 bits per heavy atom. The number of halogens is 1. The third-order valence-electron chi connectivity index (χ3n) is 2.46. The van der Waals surface area contributed by atoms with Crippen molar-refractivity contribution < 1.29 is 14.3 Å². The summed E-state index contributed by atoms with van der Waals surface area (Å²) in [5.41, 5.74) is 0.997. The number of methoxy groups -OCH3 is 1. The summed E-state index contributed by atoms with van der Waals surface area (Å²) in [6.07, 6.45) is 2.23. The third-order valence-corrected chi connectivity index (χ3v) is 2.95. The van der Waals surface area contributed by atoms with Gasteiger partial charge in [-0.05, 0) is 30.7 Å². The Labute approximate surface area is 120 Å². The van der Waals surface area contributed by atoms with Gasteiger partial charge in [-0.1, -0.05) is 22.9 Å². The van der Waals surface area contributed by atoms with Gasteiger partial charge in [-0.2, -0.15) is 5.26 Å². The van der Waals surface area contributed by atoms with E-state index in [-0.39, 0.29) is 12.6 Å². The molecule has 4 nitrogen and oxygen atoms in total. The first-order valence-electron chi connectivity index (χ1n) is 5.72. The number of rotatable bonds is 5. The van der Waals surface area contributed by atoms with E-state index in [1.165, 1.54) is 7.11 Å². The molecule has 0 amide bonds. The van der Waals surface area contributed by atoms with Gasteiger partial charge in [0.1, 0.15) is 18.4 Å². The summed E-state index contributed by atoms with van der Waals surface area (Å²) in [6, 6.07) is 7.24. The fourth-order valence-corrected chi connectivity index (χ4v) is 1.81. The number of esters is 1. The average Bonchev–Trinajstić information content (AvgIpc) is 2.44. The minimum atomic E-state index is -0.359. The molecule has 0 saturated heterocycles. The molecular weight excluding hydrogens is 310 g/mol. The van der Waals surface area contributed by atoms with Gasteiger partial charge in [0.15, 0.2) is 0 Å². The third kappa shape index (κ3) is 4.42. The number of carbonyl (C=O) groups excluding carboxylic acids is 1. The molecule has 0 atom stereocenters. The largest absolute Gasteiger partial charge is 0.488 e. The molecule has 0 bridgehead atoms. The first kappa shape index (κ1) is 15.3. The number of ether oxygens (including phenoxy) is 2. The monoisotopic (exact) mass is 323 g/mol. The average molecular weight is 324 g/mol. The van der Waals surface area contributed by atoms with E-state index in [9.17, 15) is 4.79 Å². The predicted octanol–water partition coefficient (Wildman–Crippen LogP) is 3.21. The van der Waals surface area contributed by atoms with Crippen LogP contribution in [0, 0.1) is 11.3 Å². The fourth-order valence-electron chi connectivity index (χ4n) is 1.45. The number of carbonyl (C=O) groups is 1. The summed E-state index contributed by atoms with van der Waals surface area (Å²) >= 11 is 3.29. The van der Waals surface area contributed by atoms with Crippen LogP contribution in [-0.4, -0.2) is 19.7 Å². The van der Waals surface area contributed by atoms with Crippen LogP contribution < -0.4 is 4.74 Å². The van der Waals surface area contributed by atoms with Crippen LogP contribution in [0.25, 0.3) is 0 Å². The van der Waals surface area contributed by atoms with Gasteiger partial charge < -0.3 is 9.47 Å². The summed E-state index contributed by atoms with van der Waals surface area (Å²) in [5.74, 6) is 0.129. The van der Waals surface area contributed by atoms with Gasteiger partial charge in [-0.3, -0.25) is 0 Å².